The summed E-state index contributed by atoms with van der Waals surface area (Å²) in [6.07, 6.45) is 0.123. The van der Waals surface area contributed by atoms with Crippen molar-refractivity contribution >= 4 is 29.1 Å². The number of nitrogens with one attached hydrogen (secondary N) is 1. The minimum absolute atomic E-state index is 0.123. The highest BCUT2D eigenvalue weighted by atomic mass is 35.5. The van der Waals surface area contributed by atoms with Crippen molar-refractivity contribution in [3.05, 3.63) is 57.6 Å². The summed E-state index contributed by atoms with van der Waals surface area (Å²) in [5.41, 5.74) is 1.55. The van der Waals surface area contributed by atoms with E-state index >= 15 is 0 Å². The summed E-state index contributed by atoms with van der Waals surface area (Å²) in [4.78, 5) is 12.4. The molecule has 0 fully saturated rings. The molecule has 0 aliphatic carbocycles. The van der Waals surface area contributed by atoms with Crippen LogP contribution in [0.25, 0.3) is 0 Å². The zero-order valence-corrected chi connectivity index (χ0v) is 16.7. The Hall–Kier alpha value is -1.91. The lowest BCUT2D eigenvalue weighted by atomic mass is 10.1. The van der Waals surface area contributed by atoms with Crippen LogP contribution in [0.15, 0.2) is 36.4 Å². The molecule has 0 bridgehead atoms. The van der Waals surface area contributed by atoms with Gasteiger partial charge in [0.2, 0.25) is 5.91 Å². The standard InChI is InChI=1S/C20H23Cl2NO3/c1-4-25-18-10-9-14(11-19(18)26-5-2)13(3)23-20(24)12-15-16(21)7-6-8-17(15)22/h6-11,13H,4-5,12H2,1-3H3,(H,23,24)/t13-/m0/s1. The van der Waals surface area contributed by atoms with Crippen LogP contribution in [0.5, 0.6) is 11.5 Å². The topological polar surface area (TPSA) is 47.6 Å². The molecule has 0 aliphatic heterocycles. The van der Waals surface area contributed by atoms with Gasteiger partial charge in [-0.15, -0.1) is 0 Å². The Bertz CT molecular complexity index is 744. The first-order chi connectivity index (χ1) is 12.5. The number of carbonyl (C=O) groups excluding carboxylic acids is 1. The SMILES string of the molecule is CCOc1ccc([C@H](C)NC(=O)Cc2c(Cl)cccc2Cl)cc1OCC. The second kappa shape index (κ2) is 9.70. The Morgan fingerprint density at radius 2 is 1.65 bits per heavy atom. The first kappa shape index (κ1) is 20.4. The first-order valence-corrected chi connectivity index (χ1v) is 9.33. The molecule has 0 aromatic heterocycles. The molecule has 0 radical (unpaired) electrons. The van der Waals surface area contributed by atoms with Gasteiger partial charge in [0.25, 0.3) is 0 Å². The maximum Gasteiger partial charge on any atom is 0.225 e. The molecule has 2 rings (SSSR count). The second-order valence-corrected chi connectivity index (χ2v) is 6.55. The molecule has 140 valence electrons. The molecule has 0 saturated carbocycles. The summed E-state index contributed by atoms with van der Waals surface area (Å²) in [6.45, 7) is 6.85. The van der Waals surface area contributed by atoms with E-state index in [0.717, 1.165) is 5.56 Å². The fourth-order valence-electron chi connectivity index (χ4n) is 2.57. The van der Waals surface area contributed by atoms with Crippen LogP contribution in [0.4, 0.5) is 0 Å². The Morgan fingerprint density at radius 1 is 1.04 bits per heavy atom. The minimum atomic E-state index is -0.196. The van der Waals surface area contributed by atoms with E-state index in [1.807, 2.05) is 39.0 Å². The number of hydrogen-bond donors (Lipinski definition) is 1. The van der Waals surface area contributed by atoms with Crippen LogP contribution in [0.1, 0.15) is 37.9 Å². The fourth-order valence-corrected chi connectivity index (χ4v) is 3.11. The average Bonchev–Trinajstić information content (AvgIpc) is 2.60. The van der Waals surface area contributed by atoms with E-state index in [9.17, 15) is 4.79 Å². The van der Waals surface area contributed by atoms with Crippen LogP contribution in [-0.2, 0) is 11.2 Å². The third-order valence-corrected chi connectivity index (χ3v) is 4.55. The molecule has 0 spiro atoms. The second-order valence-electron chi connectivity index (χ2n) is 5.74. The largest absolute Gasteiger partial charge is 0.490 e. The van der Waals surface area contributed by atoms with Crippen LogP contribution in [0, 0.1) is 0 Å². The van der Waals surface area contributed by atoms with E-state index in [2.05, 4.69) is 5.32 Å². The lowest BCUT2D eigenvalue weighted by Gasteiger charge is -2.18. The Morgan fingerprint density at radius 3 is 2.27 bits per heavy atom. The van der Waals surface area contributed by atoms with Crippen LogP contribution >= 0.6 is 23.2 Å². The van der Waals surface area contributed by atoms with Gasteiger partial charge in [-0.05, 0) is 56.2 Å². The van der Waals surface area contributed by atoms with E-state index < -0.39 is 0 Å². The lowest BCUT2D eigenvalue weighted by molar-refractivity contribution is -0.121. The van der Waals surface area contributed by atoms with Gasteiger partial charge in [0, 0.05) is 10.0 Å². The smallest absolute Gasteiger partial charge is 0.225 e. The molecule has 2 aromatic carbocycles. The van der Waals surface area contributed by atoms with Gasteiger partial charge in [-0.25, -0.2) is 0 Å². The van der Waals surface area contributed by atoms with Crippen molar-refractivity contribution < 1.29 is 14.3 Å². The fraction of sp³-hybridized carbons (Fsp3) is 0.350. The van der Waals surface area contributed by atoms with Crippen LogP contribution in [-0.4, -0.2) is 19.1 Å². The Kier molecular flexibility index (Phi) is 7.61. The van der Waals surface area contributed by atoms with Crippen molar-refractivity contribution in [2.24, 2.45) is 0 Å². The normalized spacial score (nSPS) is 11.7. The highest BCUT2D eigenvalue weighted by molar-refractivity contribution is 6.36. The minimum Gasteiger partial charge on any atom is -0.490 e. The zero-order valence-electron chi connectivity index (χ0n) is 15.1. The van der Waals surface area contributed by atoms with Crippen molar-refractivity contribution in [1.29, 1.82) is 0 Å². The molecular formula is C20H23Cl2NO3. The summed E-state index contributed by atoms with van der Waals surface area (Å²) in [7, 11) is 0. The van der Waals surface area contributed by atoms with Crippen LogP contribution in [0.2, 0.25) is 10.0 Å². The molecule has 1 N–H and O–H groups in total. The molecule has 0 saturated heterocycles. The van der Waals surface area contributed by atoms with E-state index in [1.165, 1.54) is 0 Å². The highest BCUT2D eigenvalue weighted by Gasteiger charge is 2.15. The van der Waals surface area contributed by atoms with E-state index in [1.54, 1.807) is 18.2 Å². The first-order valence-electron chi connectivity index (χ1n) is 8.58. The average molecular weight is 396 g/mol. The van der Waals surface area contributed by atoms with Crippen molar-refractivity contribution in [2.75, 3.05) is 13.2 Å². The predicted octanol–water partition coefficient (Wildman–Crippen LogP) is 5.21. The number of carbonyl (C=O) groups is 1. The van der Waals surface area contributed by atoms with Gasteiger partial charge in [0.05, 0.1) is 25.7 Å². The van der Waals surface area contributed by atoms with Gasteiger partial charge >= 0.3 is 0 Å². The molecule has 6 heteroatoms. The summed E-state index contributed by atoms with van der Waals surface area (Å²) in [6, 6.07) is 10.7. The van der Waals surface area contributed by atoms with E-state index in [-0.39, 0.29) is 18.4 Å². The number of rotatable bonds is 8. The molecule has 0 aliphatic rings. The monoisotopic (exact) mass is 395 g/mol. The molecule has 26 heavy (non-hydrogen) atoms. The van der Waals surface area contributed by atoms with Gasteiger partial charge in [0.1, 0.15) is 0 Å². The number of benzene rings is 2. The number of amides is 1. The molecule has 0 unspecified atom stereocenters. The van der Waals surface area contributed by atoms with Crippen molar-refractivity contribution in [3.63, 3.8) is 0 Å². The third-order valence-electron chi connectivity index (χ3n) is 3.84. The van der Waals surface area contributed by atoms with Crippen LogP contribution < -0.4 is 14.8 Å². The third kappa shape index (κ3) is 5.29. The maximum atomic E-state index is 12.4. The van der Waals surface area contributed by atoms with Crippen molar-refractivity contribution in [3.8, 4) is 11.5 Å². The van der Waals surface area contributed by atoms with Gasteiger partial charge in [-0.2, -0.15) is 0 Å². The predicted molar refractivity (Wildman–Crippen MR) is 106 cm³/mol. The summed E-state index contributed by atoms with van der Waals surface area (Å²) in [5.74, 6) is 1.21. The molecule has 1 atom stereocenters. The van der Waals surface area contributed by atoms with Gasteiger partial charge in [-0.3, -0.25) is 4.79 Å². The molecule has 2 aromatic rings. The maximum absolute atomic E-state index is 12.4. The summed E-state index contributed by atoms with van der Waals surface area (Å²) >= 11 is 12.3. The number of ether oxygens (including phenoxy) is 2. The quantitative estimate of drug-likeness (QED) is 0.666. The lowest BCUT2D eigenvalue weighted by Crippen LogP contribution is -2.28. The van der Waals surface area contributed by atoms with Gasteiger partial charge in [-0.1, -0.05) is 35.3 Å². The molecular weight excluding hydrogens is 373 g/mol. The van der Waals surface area contributed by atoms with Crippen LogP contribution in [0.3, 0.4) is 0 Å². The zero-order chi connectivity index (χ0) is 19.1. The van der Waals surface area contributed by atoms with Crippen molar-refractivity contribution in [1.82, 2.24) is 5.32 Å². The summed E-state index contributed by atoms with van der Waals surface area (Å²) in [5, 5.41) is 3.94. The Labute approximate surface area is 164 Å². The molecule has 1 amide bonds. The highest BCUT2D eigenvalue weighted by Crippen LogP contribution is 2.31. The number of halogens is 2. The number of hydrogen-bond acceptors (Lipinski definition) is 3. The Balaban J connectivity index is 2.10. The van der Waals surface area contributed by atoms with Crippen molar-refractivity contribution in [2.45, 2.75) is 33.2 Å². The van der Waals surface area contributed by atoms with E-state index in [4.69, 9.17) is 32.7 Å². The molecule has 4 nitrogen and oxygen atoms in total. The molecule has 0 heterocycles. The van der Waals surface area contributed by atoms with Gasteiger partial charge in [0.15, 0.2) is 11.5 Å². The van der Waals surface area contributed by atoms with Gasteiger partial charge < -0.3 is 14.8 Å². The van der Waals surface area contributed by atoms with E-state index in [0.29, 0.717) is 40.3 Å². The summed E-state index contributed by atoms with van der Waals surface area (Å²) < 4.78 is 11.2.